The molecule has 0 heterocycles. The standard InChI is InChI=1S/C17H19FN2O/c1-4-19-16-9-11(2)5-8-14(16)17(21)20-15-10-13(18)7-6-12(15)3/h5-10,19H,4H2,1-3H3,(H,20,21). The van der Waals surface area contributed by atoms with E-state index in [1.807, 2.05) is 32.9 Å². The van der Waals surface area contributed by atoms with E-state index in [-0.39, 0.29) is 11.7 Å². The van der Waals surface area contributed by atoms with Crippen LogP contribution in [-0.4, -0.2) is 12.5 Å². The lowest BCUT2D eigenvalue weighted by atomic mass is 10.1. The number of hydrogen-bond donors (Lipinski definition) is 2. The summed E-state index contributed by atoms with van der Waals surface area (Å²) in [6.07, 6.45) is 0. The minimum atomic E-state index is -0.369. The highest BCUT2D eigenvalue weighted by molar-refractivity contribution is 6.08. The van der Waals surface area contributed by atoms with E-state index in [9.17, 15) is 9.18 Å². The molecule has 0 radical (unpaired) electrons. The fraction of sp³-hybridized carbons (Fsp3) is 0.235. The van der Waals surface area contributed by atoms with E-state index in [2.05, 4.69) is 10.6 Å². The molecule has 0 atom stereocenters. The van der Waals surface area contributed by atoms with E-state index in [0.717, 1.165) is 23.4 Å². The molecule has 0 bridgehead atoms. The number of benzene rings is 2. The van der Waals surface area contributed by atoms with Crippen LogP contribution in [0, 0.1) is 19.7 Å². The first-order valence-corrected chi connectivity index (χ1v) is 6.93. The summed E-state index contributed by atoms with van der Waals surface area (Å²) >= 11 is 0. The number of rotatable bonds is 4. The number of anilines is 2. The number of amides is 1. The second-order valence-electron chi connectivity index (χ2n) is 4.99. The Morgan fingerprint density at radius 1 is 1.10 bits per heavy atom. The lowest BCUT2D eigenvalue weighted by molar-refractivity contribution is 0.102. The molecule has 0 spiro atoms. The highest BCUT2D eigenvalue weighted by atomic mass is 19.1. The highest BCUT2D eigenvalue weighted by Gasteiger charge is 2.13. The normalized spacial score (nSPS) is 10.3. The third-order valence-electron chi connectivity index (χ3n) is 3.23. The van der Waals surface area contributed by atoms with Gasteiger partial charge in [0.2, 0.25) is 0 Å². The Hall–Kier alpha value is -2.36. The van der Waals surface area contributed by atoms with Crippen LogP contribution in [0.15, 0.2) is 36.4 Å². The third kappa shape index (κ3) is 3.60. The van der Waals surface area contributed by atoms with Gasteiger partial charge in [-0.05, 0) is 56.2 Å². The zero-order valence-corrected chi connectivity index (χ0v) is 12.5. The van der Waals surface area contributed by atoms with Crippen LogP contribution in [0.3, 0.4) is 0 Å². The van der Waals surface area contributed by atoms with E-state index in [0.29, 0.717) is 11.3 Å². The fourth-order valence-corrected chi connectivity index (χ4v) is 2.11. The molecule has 0 aliphatic heterocycles. The van der Waals surface area contributed by atoms with Crippen molar-refractivity contribution in [2.45, 2.75) is 20.8 Å². The second-order valence-corrected chi connectivity index (χ2v) is 4.99. The predicted octanol–water partition coefficient (Wildman–Crippen LogP) is 4.13. The molecule has 0 aliphatic rings. The smallest absolute Gasteiger partial charge is 0.257 e. The van der Waals surface area contributed by atoms with Gasteiger partial charge in [-0.3, -0.25) is 4.79 Å². The maximum absolute atomic E-state index is 13.3. The van der Waals surface area contributed by atoms with Gasteiger partial charge >= 0.3 is 0 Å². The van der Waals surface area contributed by atoms with Crippen LogP contribution in [-0.2, 0) is 0 Å². The molecule has 2 N–H and O–H groups in total. The van der Waals surface area contributed by atoms with Gasteiger partial charge in [-0.2, -0.15) is 0 Å². The number of aryl methyl sites for hydroxylation is 2. The van der Waals surface area contributed by atoms with Crippen LogP contribution >= 0.6 is 0 Å². The summed E-state index contributed by atoms with van der Waals surface area (Å²) in [6.45, 7) is 6.50. The first kappa shape index (κ1) is 15.0. The largest absolute Gasteiger partial charge is 0.385 e. The van der Waals surface area contributed by atoms with Gasteiger partial charge in [0.15, 0.2) is 0 Å². The van der Waals surface area contributed by atoms with Gasteiger partial charge in [-0.1, -0.05) is 12.1 Å². The molecule has 3 nitrogen and oxygen atoms in total. The van der Waals surface area contributed by atoms with Crippen LogP contribution in [0.25, 0.3) is 0 Å². The molecule has 4 heteroatoms. The van der Waals surface area contributed by atoms with Crippen molar-refractivity contribution < 1.29 is 9.18 Å². The summed E-state index contributed by atoms with van der Waals surface area (Å²) in [4.78, 5) is 12.4. The summed E-state index contributed by atoms with van der Waals surface area (Å²) in [6, 6.07) is 9.93. The molecular weight excluding hydrogens is 267 g/mol. The topological polar surface area (TPSA) is 41.1 Å². The SMILES string of the molecule is CCNc1cc(C)ccc1C(=O)Nc1cc(F)ccc1C. The lowest BCUT2D eigenvalue weighted by Crippen LogP contribution is -2.15. The minimum absolute atomic E-state index is 0.250. The molecule has 0 aromatic heterocycles. The van der Waals surface area contributed by atoms with Crippen LogP contribution < -0.4 is 10.6 Å². The lowest BCUT2D eigenvalue weighted by Gasteiger charge is -2.13. The van der Waals surface area contributed by atoms with Gasteiger partial charge in [-0.15, -0.1) is 0 Å². The zero-order chi connectivity index (χ0) is 15.4. The van der Waals surface area contributed by atoms with Crippen molar-refractivity contribution >= 4 is 17.3 Å². The van der Waals surface area contributed by atoms with E-state index in [4.69, 9.17) is 0 Å². The molecule has 1 amide bonds. The van der Waals surface area contributed by atoms with Crippen molar-refractivity contribution in [1.82, 2.24) is 0 Å². The summed E-state index contributed by atoms with van der Waals surface area (Å²) in [5, 5.41) is 5.94. The van der Waals surface area contributed by atoms with E-state index in [1.54, 1.807) is 12.1 Å². The van der Waals surface area contributed by atoms with Gasteiger partial charge in [0.1, 0.15) is 5.82 Å². The zero-order valence-electron chi connectivity index (χ0n) is 12.5. The van der Waals surface area contributed by atoms with Crippen molar-refractivity contribution in [2.75, 3.05) is 17.2 Å². The summed E-state index contributed by atoms with van der Waals surface area (Å²) in [7, 11) is 0. The average molecular weight is 286 g/mol. The van der Waals surface area contributed by atoms with E-state index >= 15 is 0 Å². The third-order valence-corrected chi connectivity index (χ3v) is 3.23. The van der Waals surface area contributed by atoms with Gasteiger partial charge < -0.3 is 10.6 Å². The molecule has 0 unspecified atom stereocenters. The number of hydrogen-bond acceptors (Lipinski definition) is 2. The maximum Gasteiger partial charge on any atom is 0.257 e. The Kier molecular flexibility index (Phi) is 4.58. The molecule has 21 heavy (non-hydrogen) atoms. The van der Waals surface area contributed by atoms with Crippen molar-refractivity contribution in [3.05, 3.63) is 58.9 Å². The Labute approximate surface area is 124 Å². The number of halogens is 1. The van der Waals surface area contributed by atoms with Crippen molar-refractivity contribution in [2.24, 2.45) is 0 Å². The molecule has 0 fully saturated rings. The van der Waals surface area contributed by atoms with Crippen LogP contribution in [0.2, 0.25) is 0 Å². The number of nitrogens with one attached hydrogen (secondary N) is 2. The average Bonchev–Trinajstić information content (AvgIpc) is 2.43. The van der Waals surface area contributed by atoms with Gasteiger partial charge in [0.25, 0.3) is 5.91 Å². The van der Waals surface area contributed by atoms with Gasteiger partial charge in [0, 0.05) is 17.9 Å². The number of carbonyl (C=O) groups is 1. The molecule has 2 aromatic carbocycles. The minimum Gasteiger partial charge on any atom is -0.385 e. The summed E-state index contributed by atoms with van der Waals surface area (Å²) in [5.74, 6) is -0.619. The molecule has 0 aliphatic carbocycles. The first-order chi connectivity index (χ1) is 10.0. The highest BCUT2D eigenvalue weighted by Crippen LogP contribution is 2.21. The summed E-state index contributed by atoms with van der Waals surface area (Å²) in [5.41, 5.74) is 3.71. The predicted molar refractivity (Wildman–Crippen MR) is 84.4 cm³/mol. The van der Waals surface area contributed by atoms with Crippen LogP contribution in [0.1, 0.15) is 28.4 Å². The monoisotopic (exact) mass is 286 g/mol. The van der Waals surface area contributed by atoms with E-state index < -0.39 is 0 Å². The van der Waals surface area contributed by atoms with Crippen molar-refractivity contribution in [3.8, 4) is 0 Å². The van der Waals surface area contributed by atoms with Crippen LogP contribution in [0.4, 0.5) is 15.8 Å². The Bertz CT molecular complexity index is 668. The van der Waals surface area contributed by atoms with Crippen molar-refractivity contribution in [3.63, 3.8) is 0 Å². The quantitative estimate of drug-likeness (QED) is 0.887. The molecule has 2 rings (SSSR count). The molecular formula is C17H19FN2O. The van der Waals surface area contributed by atoms with E-state index in [1.165, 1.54) is 12.1 Å². The van der Waals surface area contributed by atoms with Crippen molar-refractivity contribution in [1.29, 1.82) is 0 Å². The molecule has 0 saturated carbocycles. The van der Waals surface area contributed by atoms with Gasteiger partial charge in [-0.25, -0.2) is 4.39 Å². The second kappa shape index (κ2) is 6.39. The molecule has 0 saturated heterocycles. The molecule has 110 valence electrons. The van der Waals surface area contributed by atoms with Crippen LogP contribution in [0.5, 0.6) is 0 Å². The summed E-state index contributed by atoms with van der Waals surface area (Å²) < 4.78 is 13.3. The Balaban J connectivity index is 2.30. The van der Waals surface area contributed by atoms with Gasteiger partial charge in [0.05, 0.1) is 5.56 Å². The fourth-order valence-electron chi connectivity index (χ4n) is 2.11. The molecule has 2 aromatic rings. The Morgan fingerprint density at radius 2 is 1.86 bits per heavy atom. The maximum atomic E-state index is 13.3. The first-order valence-electron chi connectivity index (χ1n) is 6.93. The number of carbonyl (C=O) groups excluding carboxylic acids is 1. The Morgan fingerprint density at radius 3 is 2.57 bits per heavy atom.